The van der Waals surface area contributed by atoms with Gasteiger partial charge in [0.1, 0.15) is 12.1 Å². The highest BCUT2D eigenvalue weighted by molar-refractivity contribution is 5.99. The van der Waals surface area contributed by atoms with Gasteiger partial charge in [-0.2, -0.15) is 0 Å². The number of fused-ring (bicyclic) bond motifs is 1. The Kier molecular flexibility index (Phi) is 4.01. The van der Waals surface area contributed by atoms with Gasteiger partial charge in [0.2, 0.25) is 0 Å². The topological polar surface area (TPSA) is 97.6 Å². The van der Waals surface area contributed by atoms with Crippen molar-refractivity contribution in [1.29, 1.82) is 0 Å². The van der Waals surface area contributed by atoms with E-state index in [1.807, 2.05) is 30.1 Å². The lowest BCUT2D eigenvalue weighted by Gasteiger charge is -2.35. The molecule has 0 spiro atoms. The molecule has 2 N–H and O–H groups in total. The van der Waals surface area contributed by atoms with Crippen molar-refractivity contribution in [1.82, 2.24) is 30.3 Å². The average Bonchev–Trinajstić information content (AvgIpc) is 3.11. The van der Waals surface area contributed by atoms with E-state index in [1.165, 1.54) is 6.33 Å². The molecule has 3 aromatic rings. The van der Waals surface area contributed by atoms with Crippen LogP contribution in [0.3, 0.4) is 0 Å². The molecule has 8 heteroatoms. The highest BCUT2D eigenvalue weighted by Gasteiger charge is 2.30. The van der Waals surface area contributed by atoms with E-state index in [9.17, 15) is 4.79 Å². The maximum absolute atomic E-state index is 12.5. The second-order valence-electron chi connectivity index (χ2n) is 6.34. The number of nitrogens with zero attached hydrogens (tertiary/aromatic N) is 5. The molecule has 0 saturated heterocycles. The summed E-state index contributed by atoms with van der Waals surface area (Å²) in [6.45, 7) is 0.853. The average molecular weight is 337 g/mol. The van der Waals surface area contributed by atoms with Crippen LogP contribution < -0.4 is 10.6 Å². The SMILES string of the molecule is CNc1ncnc2cc(C(=O)NC3CC(Cn4ccnn4)C3)ccc12. The lowest BCUT2D eigenvalue weighted by Crippen LogP contribution is -2.45. The summed E-state index contributed by atoms with van der Waals surface area (Å²) in [4.78, 5) is 20.9. The van der Waals surface area contributed by atoms with Crippen LogP contribution in [0, 0.1) is 5.92 Å². The van der Waals surface area contributed by atoms with Gasteiger partial charge in [-0.05, 0) is 37.0 Å². The van der Waals surface area contributed by atoms with E-state index in [0.29, 0.717) is 11.5 Å². The molecule has 128 valence electrons. The number of aromatic nitrogens is 5. The van der Waals surface area contributed by atoms with Crippen molar-refractivity contribution in [2.24, 2.45) is 5.92 Å². The Morgan fingerprint density at radius 3 is 2.96 bits per heavy atom. The predicted molar refractivity (Wildman–Crippen MR) is 93.1 cm³/mol. The largest absolute Gasteiger partial charge is 0.373 e. The minimum atomic E-state index is -0.0595. The van der Waals surface area contributed by atoms with Gasteiger partial charge in [-0.1, -0.05) is 5.21 Å². The summed E-state index contributed by atoms with van der Waals surface area (Å²) in [6, 6.07) is 5.71. The third kappa shape index (κ3) is 3.15. The van der Waals surface area contributed by atoms with Gasteiger partial charge in [-0.3, -0.25) is 9.48 Å². The fourth-order valence-electron chi connectivity index (χ4n) is 3.26. The zero-order valence-electron chi connectivity index (χ0n) is 13.9. The van der Waals surface area contributed by atoms with Gasteiger partial charge in [0, 0.05) is 36.8 Å². The van der Waals surface area contributed by atoms with Gasteiger partial charge in [-0.15, -0.1) is 5.10 Å². The number of hydrogen-bond acceptors (Lipinski definition) is 6. The van der Waals surface area contributed by atoms with Crippen LogP contribution in [0.1, 0.15) is 23.2 Å². The Balaban J connectivity index is 1.38. The summed E-state index contributed by atoms with van der Waals surface area (Å²) in [5, 5.41) is 14.8. The fraction of sp³-hybridized carbons (Fsp3) is 0.353. The van der Waals surface area contributed by atoms with Crippen LogP contribution in [0.25, 0.3) is 10.9 Å². The molecular weight excluding hydrogens is 318 g/mol. The van der Waals surface area contributed by atoms with Crippen molar-refractivity contribution < 1.29 is 4.79 Å². The molecule has 1 aliphatic carbocycles. The first-order valence-corrected chi connectivity index (χ1v) is 8.30. The third-order valence-electron chi connectivity index (χ3n) is 4.62. The van der Waals surface area contributed by atoms with Crippen molar-refractivity contribution in [3.63, 3.8) is 0 Å². The van der Waals surface area contributed by atoms with Crippen molar-refractivity contribution in [3.8, 4) is 0 Å². The summed E-state index contributed by atoms with van der Waals surface area (Å²) >= 11 is 0. The lowest BCUT2D eigenvalue weighted by atomic mass is 9.80. The number of carbonyl (C=O) groups excluding carboxylic acids is 1. The molecule has 0 bridgehead atoms. The standard InChI is InChI=1S/C17H19N7O/c1-18-16-14-3-2-12(8-15(14)19-10-20-16)17(25)22-13-6-11(7-13)9-24-5-4-21-23-24/h2-5,8,10-11,13H,6-7,9H2,1H3,(H,22,25)(H,18,19,20). The van der Waals surface area contributed by atoms with Gasteiger partial charge in [0.05, 0.1) is 11.7 Å². The number of rotatable bonds is 5. The molecule has 0 unspecified atom stereocenters. The van der Waals surface area contributed by atoms with E-state index >= 15 is 0 Å². The molecule has 1 aliphatic rings. The Morgan fingerprint density at radius 2 is 2.20 bits per heavy atom. The van der Waals surface area contributed by atoms with Gasteiger partial charge in [-0.25, -0.2) is 9.97 Å². The Morgan fingerprint density at radius 1 is 1.32 bits per heavy atom. The number of hydrogen-bond donors (Lipinski definition) is 2. The molecular formula is C17H19N7O. The van der Waals surface area contributed by atoms with Crippen LogP contribution >= 0.6 is 0 Å². The van der Waals surface area contributed by atoms with E-state index in [-0.39, 0.29) is 11.9 Å². The second kappa shape index (κ2) is 6.46. The summed E-state index contributed by atoms with van der Waals surface area (Å²) < 4.78 is 1.84. The molecule has 1 aromatic carbocycles. The third-order valence-corrected chi connectivity index (χ3v) is 4.62. The van der Waals surface area contributed by atoms with Crippen LogP contribution in [0.5, 0.6) is 0 Å². The van der Waals surface area contributed by atoms with Gasteiger partial charge in [0.25, 0.3) is 5.91 Å². The zero-order chi connectivity index (χ0) is 17.2. The van der Waals surface area contributed by atoms with Crippen molar-refractivity contribution in [3.05, 3.63) is 42.5 Å². The van der Waals surface area contributed by atoms with E-state index in [4.69, 9.17) is 0 Å². The maximum Gasteiger partial charge on any atom is 0.251 e. The first-order chi connectivity index (χ1) is 12.2. The first-order valence-electron chi connectivity index (χ1n) is 8.30. The van der Waals surface area contributed by atoms with Crippen molar-refractivity contribution >= 4 is 22.6 Å². The second-order valence-corrected chi connectivity index (χ2v) is 6.34. The molecule has 1 amide bonds. The van der Waals surface area contributed by atoms with Crippen LogP contribution in [-0.4, -0.2) is 44.0 Å². The number of benzene rings is 1. The fourth-order valence-corrected chi connectivity index (χ4v) is 3.26. The Bertz CT molecular complexity index is 887. The maximum atomic E-state index is 12.5. The minimum Gasteiger partial charge on any atom is -0.373 e. The predicted octanol–water partition coefficient (Wildman–Crippen LogP) is 1.47. The smallest absolute Gasteiger partial charge is 0.251 e. The van der Waals surface area contributed by atoms with E-state index in [0.717, 1.165) is 36.1 Å². The van der Waals surface area contributed by atoms with E-state index < -0.39 is 0 Å². The molecule has 2 aromatic heterocycles. The van der Waals surface area contributed by atoms with Crippen LogP contribution in [0.2, 0.25) is 0 Å². The summed E-state index contributed by atoms with van der Waals surface area (Å²) in [5.41, 5.74) is 1.37. The summed E-state index contributed by atoms with van der Waals surface area (Å²) in [7, 11) is 1.81. The number of nitrogens with one attached hydrogen (secondary N) is 2. The summed E-state index contributed by atoms with van der Waals surface area (Å²) in [6.07, 6.45) is 6.97. The molecule has 1 saturated carbocycles. The molecule has 0 radical (unpaired) electrons. The van der Waals surface area contributed by atoms with E-state index in [1.54, 1.807) is 12.3 Å². The quantitative estimate of drug-likeness (QED) is 0.732. The van der Waals surface area contributed by atoms with Gasteiger partial charge >= 0.3 is 0 Å². The molecule has 8 nitrogen and oxygen atoms in total. The van der Waals surface area contributed by atoms with Crippen LogP contribution in [0.15, 0.2) is 36.9 Å². The first kappa shape index (κ1) is 15.5. The van der Waals surface area contributed by atoms with Crippen LogP contribution in [-0.2, 0) is 6.54 Å². The molecule has 0 aliphatic heterocycles. The minimum absolute atomic E-state index is 0.0595. The number of amides is 1. The molecule has 0 atom stereocenters. The molecule has 2 heterocycles. The normalized spacial score (nSPS) is 19.4. The number of carbonyl (C=O) groups is 1. The van der Waals surface area contributed by atoms with Crippen LogP contribution in [0.4, 0.5) is 5.82 Å². The molecule has 25 heavy (non-hydrogen) atoms. The summed E-state index contributed by atoms with van der Waals surface area (Å²) in [5.74, 6) is 1.23. The highest BCUT2D eigenvalue weighted by atomic mass is 16.1. The zero-order valence-corrected chi connectivity index (χ0v) is 13.9. The molecule has 4 rings (SSSR count). The van der Waals surface area contributed by atoms with Crippen molar-refractivity contribution in [2.75, 3.05) is 12.4 Å². The van der Waals surface area contributed by atoms with E-state index in [2.05, 4.69) is 30.9 Å². The van der Waals surface area contributed by atoms with Gasteiger partial charge in [0.15, 0.2) is 0 Å². The monoisotopic (exact) mass is 337 g/mol. The number of anilines is 1. The lowest BCUT2D eigenvalue weighted by molar-refractivity contribution is 0.0879. The Hall–Kier alpha value is -3.03. The molecule has 1 fully saturated rings. The van der Waals surface area contributed by atoms with Gasteiger partial charge < -0.3 is 10.6 Å². The Labute approximate surface area is 144 Å². The highest BCUT2D eigenvalue weighted by Crippen LogP contribution is 2.29. The van der Waals surface area contributed by atoms with Crippen molar-refractivity contribution in [2.45, 2.75) is 25.4 Å².